The maximum atomic E-state index is 10.4. The van der Waals surface area contributed by atoms with Crippen LogP contribution in [-0.4, -0.2) is 21.0 Å². The third-order valence-corrected chi connectivity index (χ3v) is 2.33. The minimum atomic E-state index is -0.986. The number of hydrogen-bond acceptors (Lipinski definition) is 2. The van der Waals surface area contributed by atoms with Crippen LogP contribution < -0.4 is 0 Å². The van der Waals surface area contributed by atoms with Crippen molar-refractivity contribution in [3.8, 4) is 11.3 Å². The number of rotatable bonds is 3. The fraction of sp³-hybridized carbons (Fsp3) is 0.0769. The van der Waals surface area contributed by atoms with Crippen LogP contribution in [0.15, 0.2) is 36.4 Å². The lowest BCUT2D eigenvalue weighted by Gasteiger charge is -1.96. The number of carboxylic acids is 1. The van der Waals surface area contributed by atoms with Gasteiger partial charge in [-0.05, 0) is 13.0 Å². The third-order valence-electron chi connectivity index (χ3n) is 2.33. The lowest BCUT2D eigenvalue weighted by Crippen LogP contribution is -1.86. The molecule has 0 bridgehead atoms. The largest absolute Gasteiger partial charge is 0.478 e. The van der Waals surface area contributed by atoms with Gasteiger partial charge in [0.2, 0.25) is 0 Å². The predicted molar refractivity (Wildman–Crippen MR) is 65.4 cm³/mol. The molecule has 1 aromatic heterocycles. The van der Waals surface area contributed by atoms with Gasteiger partial charge in [-0.3, -0.25) is 0 Å². The first-order chi connectivity index (χ1) is 8.16. The molecule has 0 radical (unpaired) electrons. The monoisotopic (exact) mass is 228 g/mol. The van der Waals surface area contributed by atoms with Crippen LogP contribution in [0.1, 0.15) is 11.5 Å². The normalized spacial score (nSPS) is 10.9. The van der Waals surface area contributed by atoms with Gasteiger partial charge in [-0.2, -0.15) is 0 Å². The van der Waals surface area contributed by atoms with Gasteiger partial charge in [0.1, 0.15) is 5.82 Å². The van der Waals surface area contributed by atoms with E-state index in [2.05, 4.69) is 9.97 Å². The number of aromatic amines is 1. The first kappa shape index (κ1) is 11.1. The fourth-order valence-corrected chi connectivity index (χ4v) is 1.59. The molecule has 0 spiro atoms. The molecule has 2 N–H and O–H groups in total. The van der Waals surface area contributed by atoms with Crippen molar-refractivity contribution in [3.63, 3.8) is 0 Å². The Morgan fingerprint density at radius 1 is 1.35 bits per heavy atom. The second kappa shape index (κ2) is 4.65. The van der Waals surface area contributed by atoms with Crippen molar-refractivity contribution in [1.82, 2.24) is 9.97 Å². The summed E-state index contributed by atoms with van der Waals surface area (Å²) in [4.78, 5) is 17.8. The Balaban J connectivity index is 2.35. The van der Waals surface area contributed by atoms with Gasteiger partial charge in [0, 0.05) is 17.3 Å². The zero-order chi connectivity index (χ0) is 12.3. The highest BCUT2D eigenvalue weighted by molar-refractivity contribution is 5.84. The first-order valence-electron chi connectivity index (χ1n) is 5.20. The number of carbonyl (C=O) groups is 1. The summed E-state index contributed by atoms with van der Waals surface area (Å²) in [5.74, 6) is -0.441. The van der Waals surface area contributed by atoms with Crippen LogP contribution in [0, 0.1) is 6.92 Å². The van der Waals surface area contributed by atoms with Gasteiger partial charge < -0.3 is 10.1 Å². The number of nitrogens with one attached hydrogen (secondary N) is 1. The number of carboxylic acid groups (broad SMARTS) is 1. The quantitative estimate of drug-likeness (QED) is 0.793. The Kier molecular flexibility index (Phi) is 3.05. The van der Waals surface area contributed by atoms with Crippen molar-refractivity contribution in [2.45, 2.75) is 6.92 Å². The van der Waals surface area contributed by atoms with E-state index in [-0.39, 0.29) is 0 Å². The number of H-pyrrole nitrogens is 1. The summed E-state index contributed by atoms with van der Waals surface area (Å²) >= 11 is 0. The Hall–Kier alpha value is -2.36. The fourth-order valence-electron chi connectivity index (χ4n) is 1.59. The maximum Gasteiger partial charge on any atom is 0.328 e. The van der Waals surface area contributed by atoms with Crippen molar-refractivity contribution in [3.05, 3.63) is 47.9 Å². The highest BCUT2D eigenvalue weighted by Crippen LogP contribution is 2.20. The van der Waals surface area contributed by atoms with Crippen molar-refractivity contribution in [1.29, 1.82) is 0 Å². The third kappa shape index (κ3) is 2.60. The van der Waals surface area contributed by atoms with Gasteiger partial charge in [0.25, 0.3) is 0 Å². The summed E-state index contributed by atoms with van der Waals surface area (Å²) < 4.78 is 0. The molecule has 1 heterocycles. The molecular formula is C13H12N2O2. The standard InChI is InChI=1S/C13H12N2O2/c1-9-13(10-5-3-2-4-6-10)15-11(14-9)7-8-12(16)17/h2-8H,1H3,(H,14,15)(H,16,17)/b8-7+. The van der Waals surface area contributed by atoms with Crippen LogP contribution in [0.4, 0.5) is 0 Å². The predicted octanol–water partition coefficient (Wildman–Crippen LogP) is 2.48. The number of imidazole rings is 1. The number of aryl methyl sites for hydroxylation is 1. The lowest BCUT2D eigenvalue weighted by atomic mass is 10.1. The van der Waals surface area contributed by atoms with E-state index in [1.54, 1.807) is 0 Å². The van der Waals surface area contributed by atoms with Crippen LogP contribution in [-0.2, 0) is 4.79 Å². The van der Waals surface area contributed by atoms with E-state index in [9.17, 15) is 4.79 Å². The molecule has 0 aliphatic rings. The Morgan fingerprint density at radius 2 is 2.06 bits per heavy atom. The highest BCUT2D eigenvalue weighted by Gasteiger charge is 2.06. The molecule has 0 aliphatic heterocycles. The summed E-state index contributed by atoms with van der Waals surface area (Å²) in [7, 11) is 0. The number of aliphatic carboxylic acids is 1. The van der Waals surface area contributed by atoms with Gasteiger partial charge in [-0.1, -0.05) is 30.3 Å². The van der Waals surface area contributed by atoms with Gasteiger partial charge in [0.15, 0.2) is 0 Å². The van der Waals surface area contributed by atoms with E-state index in [1.807, 2.05) is 37.3 Å². The van der Waals surface area contributed by atoms with Crippen molar-refractivity contribution in [2.24, 2.45) is 0 Å². The topological polar surface area (TPSA) is 66.0 Å². The van der Waals surface area contributed by atoms with Gasteiger partial charge in [-0.15, -0.1) is 0 Å². The average Bonchev–Trinajstić information content (AvgIpc) is 2.69. The molecule has 0 atom stereocenters. The van der Waals surface area contributed by atoms with Crippen molar-refractivity contribution in [2.75, 3.05) is 0 Å². The Labute approximate surface area is 98.6 Å². The molecular weight excluding hydrogens is 216 g/mol. The molecule has 0 amide bonds. The summed E-state index contributed by atoms with van der Waals surface area (Å²) in [5, 5.41) is 8.54. The smallest absolute Gasteiger partial charge is 0.328 e. The number of hydrogen-bond donors (Lipinski definition) is 2. The molecule has 4 nitrogen and oxygen atoms in total. The molecule has 4 heteroatoms. The van der Waals surface area contributed by atoms with Gasteiger partial charge in [-0.25, -0.2) is 9.78 Å². The molecule has 0 unspecified atom stereocenters. The van der Waals surface area contributed by atoms with Crippen LogP contribution in [0.5, 0.6) is 0 Å². The summed E-state index contributed by atoms with van der Waals surface area (Å²) in [5.41, 5.74) is 2.77. The van der Waals surface area contributed by atoms with Gasteiger partial charge >= 0.3 is 5.97 Å². The second-order valence-electron chi connectivity index (χ2n) is 3.63. The summed E-state index contributed by atoms with van der Waals surface area (Å²) in [6, 6.07) is 9.75. The van der Waals surface area contributed by atoms with Crippen LogP contribution in [0.3, 0.4) is 0 Å². The van der Waals surface area contributed by atoms with E-state index in [1.165, 1.54) is 6.08 Å². The molecule has 0 saturated carbocycles. The minimum Gasteiger partial charge on any atom is -0.478 e. The minimum absolute atomic E-state index is 0.545. The molecule has 2 rings (SSSR count). The summed E-state index contributed by atoms with van der Waals surface area (Å²) in [6.07, 6.45) is 2.51. The number of aromatic nitrogens is 2. The van der Waals surface area contributed by atoms with Crippen molar-refractivity contribution < 1.29 is 9.90 Å². The lowest BCUT2D eigenvalue weighted by molar-refractivity contribution is -0.131. The molecule has 17 heavy (non-hydrogen) atoms. The molecule has 0 fully saturated rings. The van der Waals surface area contributed by atoms with Crippen LogP contribution in [0.25, 0.3) is 17.3 Å². The maximum absolute atomic E-state index is 10.4. The van der Waals surface area contributed by atoms with E-state index in [4.69, 9.17) is 5.11 Å². The molecule has 1 aromatic carbocycles. The zero-order valence-electron chi connectivity index (χ0n) is 9.34. The molecule has 2 aromatic rings. The Morgan fingerprint density at radius 3 is 2.71 bits per heavy atom. The van der Waals surface area contributed by atoms with Crippen molar-refractivity contribution >= 4 is 12.0 Å². The van der Waals surface area contributed by atoms with Crippen LogP contribution in [0.2, 0.25) is 0 Å². The van der Waals surface area contributed by atoms with E-state index in [0.29, 0.717) is 5.82 Å². The number of benzene rings is 1. The average molecular weight is 228 g/mol. The van der Waals surface area contributed by atoms with E-state index >= 15 is 0 Å². The second-order valence-corrected chi connectivity index (χ2v) is 3.63. The van der Waals surface area contributed by atoms with E-state index in [0.717, 1.165) is 23.0 Å². The van der Waals surface area contributed by atoms with E-state index < -0.39 is 5.97 Å². The summed E-state index contributed by atoms with van der Waals surface area (Å²) in [6.45, 7) is 1.91. The van der Waals surface area contributed by atoms with Gasteiger partial charge in [0.05, 0.1) is 5.69 Å². The molecule has 0 saturated heterocycles. The first-order valence-corrected chi connectivity index (χ1v) is 5.20. The van der Waals surface area contributed by atoms with Crippen LogP contribution >= 0.6 is 0 Å². The SMILES string of the molecule is Cc1[nH]c(/C=C/C(=O)O)nc1-c1ccccc1. The Bertz CT molecular complexity index is 556. The zero-order valence-corrected chi connectivity index (χ0v) is 9.34. The molecule has 0 aliphatic carbocycles. The molecule has 86 valence electrons. The number of nitrogens with zero attached hydrogens (tertiary/aromatic N) is 1. The highest BCUT2D eigenvalue weighted by atomic mass is 16.4.